The number of fused-ring (bicyclic) bond motifs is 1. The maximum Gasteiger partial charge on any atom is 0.259 e. The van der Waals surface area contributed by atoms with Crippen molar-refractivity contribution < 1.29 is 4.79 Å². The van der Waals surface area contributed by atoms with Gasteiger partial charge < -0.3 is 4.90 Å². The van der Waals surface area contributed by atoms with Crippen LogP contribution in [0.4, 0.5) is 5.69 Å². The predicted molar refractivity (Wildman–Crippen MR) is 80.2 cm³/mol. The van der Waals surface area contributed by atoms with Crippen LogP contribution in [0.3, 0.4) is 0 Å². The first-order chi connectivity index (χ1) is 9.09. The summed E-state index contributed by atoms with van der Waals surface area (Å²) >= 11 is 1.65. The summed E-state index contributed by atoms with van der Waals surface area (Å²) in [5, 5.41) is 1.99. The number of amides is 1. The van der Waals surface area contributed by atoms with Crippen molar-refractivity contribution in [1.82, 2.24) is 0 Å². The molecule has 2 heterocycles. The second-order valence-corrected chi connectivity index (χ2v) is 6.27. The fourth-order valence-corrected chi connectivity index (χ4v) is 3.59. The van der Waals surface area contributed by atoms with Crippen molar-refractivity contribution in [1.29, 1.82) is 0 Å². The maximum atomic E-state index is 12.8. The fraction of sp³-hybridized carbons (Fsp3) is 0.312. The normalized spacial score (nSPS) is 17.6. The second-order valence-electron chi connectivity index (χ2n) is 5.19. The summed E-state index contributed by atoms with van der Waals surface area (Å²) in [6.45, 7) is 6.22. The Morgan fingerprint density at radius 1 is 1.32 bits per heavy atom. The Hall–Kier alpha value is -1.61. The van der Waals surface area contributed by atoms with E-state index in [0.29, 0.717) is 0 Å². The molecule has 2 aromatic rings. The number of rotatable bonds is 1. The van der Waals surface area contributed by atoms with Crippen LogP contribution in [-0.4, -0.2) is 11.9 Å². The minimum Gasteiger partial charge on any atom is -0.305 e. The molecule has 0 N–H and O–H groups in total. The molecule has 0 radical (unpaired) electrons. The maximum absolute atomic E-state index is 12.8. The quantitative estimate of drug-likeness (QED) is 0.769. The Morgan fingerprint density at radius 3 is 2.74 bits per heavy atom. The summed E-state index contributed by atoms with van der Waals surface area (Å²) < 4.78 is 0. The topological polar surface area (TPSA) is 20.3 Å². The van der Waals surface area contributed by atoms with Crippen molar-refractivity contribution in [2.24, 2.45) is 0 Å². The van der Waals surface area contributed by atoms with Crippen molar-refractivity contribution in [3.05, 3.63) is 51.2 Å². The predicted octanol–water partition coefficient (Wildman–Crippen LogP) is 3.96. The highest BCUT2D eigenvalue weighted by Gasteiger charge is 2.32. The Balaban J connectivity index is 2.03. The number of hydrogen-bond donors (Lipinski definition) is 0. The zero-order chi connectivity index (χ0) is 13.6. The van der Waals surface area contributed by atoms with Gasteiger partial charge in [-0.2, -0.15) is 0 Å². The van der Waals surface area contributed by atoms with E-state index in [2.05, 4.69) is 19.9 Å². The SMILES string of the molecule is Cc1scc(C(=O)N2c3ccccc3CC2C)c1C. The molecule has 3 heteroatoms. The Labute approximate surface area is 117 Å². The number of aryl methyl sites for hydroxylation is 1. The third-order valence-corrected chi connectivity index (χ3v) is 4.96. The van der Waals surface area contributed by atoms with Crippen molar-refractivity contribution >= 4 is 22.9 Å². The first-order valence-corrected chi connectivity index (χ1v) is 7.43. The van der Waals surface area contributed by atoms with Crippen LogP contribution in [0.1, 0.15) is 33.3 Å². The molecule has 1 atom stereocenters. The van der Waals surface area contributed by atoms with Gasteiger partial charge in [0.05, 0.1) is 5.56 Å². The molecule has 0 fully saturated rings. The average molecular weight is 271 g/mol. The summed E-state index contributed by atoms with van der Waals surface area (Å²) in [6.07, 6.45) is 0.948. The highest BCUT2D eigenvalue weighted by molar-refractivity contribution is 7.10. The molecule has 19 heavy (non-hydrogen) atoms. The first kappa shape index (κ1) is 12.4. The molecular weight excluding hydrogens is 254 g/mol. The van der Waals surface area contributed by atoms with Crippen LogP contribution < -0.4 is 4.90 Å². The summed E-state index contributed by atoms with van der Waals surface area (Å²) in [5.74, 6) is 0.138. The van der Waals surface area contributed by atoms with Crippen molar-refractivity contribution in [3.8, 4) is 0 Å². The number of anilines is 1. The lowest BCUT2D eigenvalue weighted by molar-refractivity contribution is 0.0981. The van der Waals surface area contributed by atoms with Crippen molar-refractivity contribution in [2.45, 2.75) is 33.2 Å². The number of benzene rings is 1. The Bertz CT molecular complexity index is 644. The van der Waals surface area contributed by atoms with Crippen molar-refractivity contribution in [3.63, 3.8) is 0 Å². The lowest BCUT2D eigenvalue weighted by Crippen LogP contribution is -2.35. The Kier molecular flexibility index (Phi) is 2.94. The third-order valence-electron chi connectivity index (χ3n) is 3.94. The molecule has 0 saturated carbocycles. The molecule has 0 bridgehead atoms. The number of carbonyl (C=O) groups excluding carboxylic acids is 1. The van der Waals surface area contributed by atoms with E-state index in [4.69, 9.17) is 0 Å². The summed E-state index contributed by atoms with van der Waals surface area (Å²) in [4.78, 5) is 16.0. The molecule has 2 nitrogen and oxygen atoms in total. The van der Waals surface area contributed by atoms with Crippen molar-refractivity contribution in [2.75, 3.05) is 4.90 Å². The van der Waals surface area contributed by atoms with Crippen LogP contribution in [0, 0.1) is 13.8 Å². The Morgan fingerprint density at radius 2 is 2.05 bits per heavy atom. The molecule has 1 aromatic heterocycles. The lowest BCUT2D eigenvalue weighted by atomic mass is 10.1. The van der Waals surface area contributed by atoms with E-state index in [9.17, 15) is 4.79 Å². The van der Waals surface area contributed by atoms with E-state index in [1.54, 1.807) is 11.3 Å². The number of nitrogens with zero attached hydrogens (tertiary/aromatic N) is 1. The minimum atomic E-state index is 0.138. The van der Waals surface area contributed by atoms with E-state index >= 15 is 0 Å². The molecular formula is C16H17NOS. The highest BCUT2D eigenvalue weighted by atomic mass is 32.1. The summed E-state index contributed by atoms with van der Waals surface area (Å²) in [6, 6.07) is 8.45. The molecule has 0 aliphatic carbocycles. The molecule has 1 aromatic carbocycles. The van der Waals surface area contributed by atoms with Gasteiger partial charge in [0.1, 0.15) is 0 Å². The molecule has 1 aliphatic rings. The third kappa shape index (κ3) is 1.89. The van der Waals surface area contributed by atoms with Gasteiger partial charge in [-0.25, -0.2) is 0 Å². The van der Waals surface area contributed by atoms with E-state index in [0.717, 1.165) is 23.2 Å². The zero-order valence-corrected chi connectivity index (χ0v) is 12.3. The monoisotopic (exact) mass is 271 g/mol. The van der Waals surface area contributed by atoms with Crippen LogP contribution in [0.2, 0.25) is 0 Å². The molecule has 1 amide bonds. The van der Waals surface area contributed by atoms with Crippen LogP contribution in [0.25, 0.3) is 0 Å². The standard InChI is InChI=1S/C16H17NOS/c1-10-8-13-6-4-5-7-15(13)17(10)16(18)14-9-19-12(3)11(14)2/h4-7,9-10H,8H2,1-3H3. The van der Waals surface area contributed by atoms with Gasteiger partial charge in [-0.05, 0) is 44.4 Å². The van der Waals surface area contributed by atoms with Crippen LogP contribution >= 0.6 is 11.3 Å². The summed E-state index contributed by atoms with van der Waals surface area (Å²) in [5.41, 5.74) is 4.31. The van der Waals surface area contributed by atoms with Gasteiger partial charge >= 0.3 is 0 Å². The number of para-hydroxylation sites is 1. The smallest absolute Gasteiger partial charge is 0.259 e. The van der Waals surface area contributed by atoms with Gasteiger partial charge in [-0.3, -0.25) is 4.79 Å². The largest absolute Gasteiger partial charge is 0.305 e. The molecule has 1 aliphatic heterocycles. The van der Waals surface area contributed by atoms with Gasteiger partial charge in [0.25, 0.3) is 5.91 Å². The molecule has 3 rings (SSSR count). The van der Waals surface area contributed by atoms with Gasteiger partial charge in [-0.1, -0.05) is 18.2 Å². The first-order valence-electron chi connectivity index (χ1n) is 6.55. The summed E-state index contributed by atoms with van der Waals surface area (Å²) in [7, 11) is 0. The van der Waals surface area contributed by atoms with E-state index in [-0.39, 0.29) is 11.9 Å². The van der Waals surface area contributed by atoms with E-state index in [1.165, 1.54) is 10.4 Å². The van der Waals surface area contributed by atoms with Crippen LogP contribution in [-0.2, 0) is 6.42 Å². The van der Waals surface area contributed by atoms with Gasteiger partial charge in [0.15, 0.2) is 0 Å². The minimum absolute atomic E-state index is 0.138. The van der Waals surface area contributed by atoms with Gasteiger partial charge in [0.2, 0.25) is 0 Å². The molecule has 0 saturated heterocycles. The fourth-order valence-electron chi connectivity index (χ4n) is 2.73. The van der Waals surface area contributed by atoms with Crippen LogP contribution in [0.5, 0.6) is 0 Å². The number of hydrogen-bond acceptors (Lipinski definition) is 2. The highest BCUT2D eigenvalue weighted by Crippen LogP contribution is 2.34. The average Bonchev–Trinajstić information content (AvgIpc) is 2.89. The number of carbonyl (C=O) groups is 1. The second kappa shape index (κ2) is 4.49. The molecule has 0 spiro atoms. The molecule has 1 unspecified atom stereocenters. The van der Waals surface area contributed by atoms with Gasteiger partial charge in [-0.15, -0.1) is 11.3 Å². The zero-order valence-electron chi connectivity index (χ0n) is 11.4. The lowest BCUT2D eigenvalue weighted by Gasteiger charge is -2.22. The van der Waals surface area contributed by atoms with Gasteiger partial charge in [0, 0.05) is 22.0 Å². The molecule has 98 valence electrons. The van der Waals surface area contributed by atoms with E-state index in [1.807, 2.05) is 35.4 Å². The van der Waals surface area contributed by atoms with Crippen LogP contribution in [0.15, 0.2) is 29.6 Å². The van der Waals surface area contributed by atoms with E-state index < -0.39 is 0 Å². The number of thiophene rings is 1.